The third kappa shape index (κ3) is 2.64. The third-order valence-electron chi connectivity index (χ3n) is 4.21. The van der Waals surface area contributed by atoms with E-state index < -0.39 is 18.0 Å². The molecule has 1 saturated carbocycles. The second kappa shape index (κ2) is 4.74. The predicted molar refractivity (Wildman–Crippen MR) is 62.1 cm³/mol. The molecule has 2 fully saturated rings. The second-order valence-electron chi connectivity index (χ2n) is 5.96. The fourth-order valence-electron chi connectivity index (χ4n) is 3.02. The minimum absolute atomic E-state index is 0.0732. The Morgan fingerprint density at radius 2 is 2.00 bits per heavy atom. The van der Waals surface area contributed by atoms with E-state index in [0.717, 1.165) is 0 Å². The fraction of sp³-hybridized carbons (Fsp3) is 0.923. The van der Waals surface area contributed by atoms with Gasteiger partial charge in [0.25, 0.3) is 0 Å². The molecule has 1 aliphatic carbocycles. The fourth-order valence-corrected chi connectivity index (χ4v) is 3.02. The van der Waals surface area contributed by atoms with E-state index in [1.165, 1.54) is 4.90 Å². The topological polar surface area (TPSA) is 20.3 Å². The molecule has 0 aromatic heterocycles. The number of rotatable bonds is 2. The van der Waals surface area contributed by atoms with Crippen LogP contribution in [0.5, 0.6) is 0 Å². The molecule has 1 aliphatic heterocycles. The first-order valence-electron chi connectivity index (χ1n) is 6.61. The van der Waals surface area contributed by atoms with Crippen molar-refractivity contribution in [2.24, 2.45) is 17.8 Å². The quantitative estimate of drug-likeness (QED) is 0.750. The zero-order valence-electron chi connectivity index (χ0n) is 10.8. The van der Waals surface area contributed by atoms with Gasteiger partial charge in [0.2, 0.25) is 11.8 Å². The van der Waals surface area contributed by atoms with E-state index in [0.29, 0.717) is 6.54 Å². The average Bonchev–Trinajstić information content (AvgIpc) is 2.80. The number of carbonyl (C=O) groups is 1. The summed E-state index contributed by atoms with van der Waals surface area (Å²) in [5.74, 6) is -3.60. The highest BCUT2D eigenvalue weighted by Crippen LogP contribution is 2.40. The van der Waals surface area contributed by atoms with Crippen molar-refractivity contribution in [1.29, 1.82) is 0 Å². The van der Waals surface area contributed by atoms with Crippen molar-refractivity contribution >= 4 is 5.91 Å². The Balaban J connectivity index is 1.96. The first-order chi connectivity index (χ1) is 8.30. The van der Waals surface area contributed by atoms with Gasteiger partial charge in [-0.1, -0.05) is 13.8 Å². The van der Waals surface area contributed by atoms with Crippen molar-refractivity contribution < 1.29 is 18.0 Å². The van der Waals surface area contributed by atoms with E-state index in [1.54, 1.807) is 0 Å². The van der Waals surface area contributed by atoms with Gasteiger partial charge in [-0.2, -0.15) is 0 Å². The van der Waals surface area contributed by atoms with Crippen molar-refractivity contribution in [3.05, 3.63) is 0 Å². The molecule has 0 spiro atoms. The molecule has 0 N–H and O–H groups in total. The summed E-state index contributed by atoms with van der Waals surface area (Å²) >= 11 is 0. The van der Waals surface area contributed by atoms with Crippen LogP contribution in [-0.2, 0) is 4.79 Å². The molecule has 5 heteroatoms. The minimum atomic E-state index is -2.72. The molecular weight excluding hydrogens is 243 g/mol. The van der Waals surface area contributed by atoms with Crippen LogP contribution in [0.3, 0.4) is 0 Å². The summed E-state index contributed by atoms with van der Waals surface area (Å²) in [6.45, 7) is 4.30. The van der Waals surface area contributed by atoms with E-state index in [-0.39, 0.29) is 43.6 Å². The van der Waals surface area contributed by atoms with Crippen LogP contribution in [-0.4, -0.2) is 36.0 Å². The van der Waals surface area contributed by atoms with Gasteiger partial charge in [0.05, 0.1) is 6.54 Å². The Bertz CT molecular complexity index is 332. The molecule has 1 heterocycles. The number of alkyl halides is 3. The first-order valence-corrected chi connectivity index (χ1v) is 6.61. The normalized spacial score (nSPS) is 35.4. The largest absolute Gasteiger partial charge is 0.339 e. The summed E-state index contributed by atoms with van der Waals surface area (Å²) in [7, 11) is 0. The van der Waals surface area contributed by atoms with Crippen molar-refractivity contribution in [3.8, 4) is 0 Å². The number of amides is 1. The zero-order chi connectivity index (χ0) is 13.5. The number of halogens is 3. The number of likely N-dealkylation sites (tertiary alicyclic amines) is 1. The smallest absolute Gasteiger partial charge is 0.248 e. The Kier molecular flexibility index (Phi) is 3.60. The lowest BCUT2D eigenvalue weighted by atomic mass is 9.94. The molecule has 1 amide bonds. The van der Waals surface area contributed by atoms with E-state index >= 15 is 0 Å². The molecule has 3 atom stereocenters. The molecule has 2 nitrogen and oxygen atoms in total. The summed E-state index contributed by atoms with van der Waals surface area (Å²) in [6.07, 6.45) is -1.38. The van der Waals surface area contributed by atoms with Crippen LogP contribution in [0.1, 0.15) is 33.1 Å². The maximum absolute atomic E-state index is 13.7. The first kappa shape index (κ1) is 13.7. The number of hydrogen-bond acceptors (Lipinski definition) is 1. The van der Waals surface area contributed by atoms with E-state index in [1.807, 2.05) is 13.8 Å². The Morgan fingerprint density at radius 1 is 1.33 bits per heavy atom. The van der Waals surface area contributed by atoms with Gasteiger partial charge in [0, 0.05) is 31.2 Å². The minimum Gasteiger partial charge on any atom is -0.339 e. The van der Waals surface area contributed by atoms with Gasteiger partial charge in [0.15, 0.2) is 0 Å². The summed E-state index contributed by atoms with van der Waals surface area (Å²) < 4.78 is 39.9. The van der Waals surface area contributed by atoms with Gasteiger partial charge in [-0.25, -0.2) is 13.2 Å². The maximum atomic E-state index is 13.7. The number of carbonyl (C=O) groups excluding carboxylic acids is 1. The van der Waals surface area contributed by atoms with Crippen LogP contribution >= 0.6 is 0 Å². The molecule has 18 heavy (non-hydrogen) atoms. The van der Waals surface area contributed by atoms with Crippen molar-refractivity contribution in [2.45, 2.75) is 45.2 Å². The molecule has 0 aromatic rings. The lowest BCUT2D eigenvalue weighted by Gasteiger charge is -2.21. The lowest BCUT2D eigenvalue weighted by Crippen LogP contribution is -2.34. The van der Waals surface area contributed by atoms with E-state index in [4.69, 9.17) is 0 Å². The summed E-state index contributed by atoms with van der Waals surface area (Å²) in [4.78, 5) is 13.5. The Morgan fingerprint density at radius 3 is 2.44 bits per heavy atom. The van der Waals surface area contributed by atoms with Crippen molar-refractivity contribution in [1.82, 2.24) is 4.90 Å². The van der Waals surface area contributed by atoms with Crippen LogP contribution in [0, 0.1) is 17.8 Å². The van der Waals surface area contributed by atoms with Gasteiger partial charge < -0.3 is 4.90 Å². The van der Waals surface area contributed by atoms with Crippen molar-refractivity contribution in [3.63, 3.8) is 0 Å². The predicted octanol–water partition coefficient (Wildman–Crippen LogP) is 2.87. The van der Waals surface area contributed by atoms with E-state index in [2.05, 4.69) is 0 Å². The number of nitrogens with zero attached hydrogens (tertiary/aromatic N) is 1. The van der Waals surface area contributed by atoms with Crippen LogP contribution < -0.4 is 0 Å². The Hall–Kier alpha value is -0.740. The summed E-state index contributed by atoms with van der Waals surface area (Å²) in [6, 6.07) is 0. The SMILES string of the molecule is CC(C)[C@@H]1CN(C(=O)C2CCC(F)(F)C2)C[C@@H]1F. The standard InChI is InChI=1S/C13H20F3NO/c1-8(2)10-6-17(7-11(10)14)12(18)9-3-4-13(15,16)5-9/h8-11H,3-7H2,1-2H3/t9?,10-,11-/m0/s1. The van der Waals surface area contributed by atoms with Crippen LogP contribution in [0.15, 0.2) is 0 Å². The highest BCUT2D eigenvalue weighted by Gasteiger charge is 2.46. The third-order valence-corrected chi connectivity index (χ3v) is 4.21. The van der Waals surface area contributed by atoms with Gasteiger partial charge >= 0.3 is 0 Å². The highest BCUT2D eigenvalue weighted by atomic mass is 19.3. The van der Waals surface area contributed by atoms with Crippen LogP contribution in [0.4, 0.5) is 13.2 Å². The monoisotopic (exact) mass is 263 g/mol. The lowest BCUT2D eigenvalue weighted by molar-refractivity contribution is -0.135. The highest BCUT2D eigenvalue weighted by molar-refractivity contribution is 5.79. The number of hydrogen-bond donors (Lipinski definition) is 0. The van der Waals surface area contributed by atoms with Crippen molar-refractivity contribution in [2.75, 3.05) is 13.1 Å². The van der Waals surface area contributed by atoms with Gasteiger partial charge in [-0.3, -0.25) is 4.79 Å². The van der Waals surface area contributed by atoms with Gasteiger partial charge in [-0.15, -0.1) is 0 Å². The molecule has 2 aliphatic rings. The van der Waals surface area contributed by atoms with Crippen LogP contribution in [0.25, 0.3) is 0 Å². The zero-order valence-corrected chi connectivity index (χ0v) is 10.8. The molecule has 1 unspecified atom stereocenters. The molecule has 1 saturated heterocycles. The van der Waals surface area contributed by atoms with E-state index in [9.17, 15) is 18.0 Å². The van der Waals surface area contributed by atoms with Crippen LogP contribution in [0.2, 0.25) is 0 Å². The van der Waals surface area contributed by atoms with Gasteiger partial charge in [-0.05, 0) is 12.3 Å². The molecule has 0 bridgehead atoms. The second-order valence-corrected chi connectivity index (χ2v) is 5.96. The molecule has 0 radical (unpaired) electrons. The summed E-state index contributed by atoms with van der Waals surface area (Å²) in [5, 5.41) is 0. The average molecular weight is 263 g/mol. The molecular formula is C13H20F3NO. The summed E-state index contributed by atoms with van der Waals surface area (Å²) in [5.41, 5.74) is 0. The van der Waals surface area contributed by atoms with Gasteiger partial charge in [0.1, 0.15) is 6.17 Å². The Labute approximate surface area is 106 Å². The molecule has 104 valence electrons. The molecule has 2 rings (SSSR count). The maximum Gasteiger partial charge on any atom is 0.248 e. The molecule has 0 aromatic carbocycles.